The van der Waals surface area contributed by atoms with Crippen LogP contribution in [0.15, 0.2) is 33.6 Å². The van der Waals surface area contributed by atoms with Gasteiger partial charge in [0.05, 0.1) is 11.4 Å². The lowest BCUT2D eigenvalue weighted by Crippen LogP contribution is -2.51. The lowest BCUT2D eigenvalue weighted by molar-refractivity contribution is -0.122. The van der Waals surface area contributed by atoms with Crippen LogP contribution in [0.1, 0.15) is 13.8 Å². The second kappa shape index (κ2) is 8.42. The maximum Gasteiger partial charge on any atom is 0.243 e. The summed E-state index contributed by atoms with van der Waals surface area (Å²) >= 11 is 3.31. The first-order valence-corrected chi connectivity index (χ1v) is 10.3. The molecule has 1 saturated heterocycles. The van der Waals surface area contributed by atoms with Gasteiger partial charge in [0.2, 0.25) is 15.9 Å². The zero-order valence-electron chi connectivity index (χ0n) is 14.0. The van der Waals surface area contributed by atoms with Gasteiger partial charge in [-0.05, 0) is 30.2 Å². The Morgan fingerprint density at radius 1 is 1.17 bits per heavy atom. The predicted octanol–water partition coefficient (Wildman–Crippen LogP) is 1.53. The van der Waals surface area contributed by atoms with E-state index in [0.717, 1.165) is 4.47 Å². The van der Waals surface area contributed by atoms with Crippen LogP contribution < -0.4 is 5.32 Å². The molecule has 0 aromatic heterocycles. The van der Waals surface area contributed by atoms with Crippen LogP contribution in [-0.2, 0) is 14.8 Å². The van der Waals surface area contributed by atoms with Gasteiger partial charge in [0.25, 0.3) is 0 Å². The Hall–Kier alpha value is -0.960. The van der Waals surface area contributed by atoms with Crippen molar-refractivity contribution in [3.05, 3.63) is 28.7 Å². The van der Waals surface area contributed by atoms with Crippen molar-refractivity contribution in [1.29, 1.82) is 0 Å². The van der Waals surface area contributed by atoms with Gasteiger partial charge >= 0.3 is 0 Å². The molecule has 0 atom stereocenters. The molecule has 134 valence electrons. The number of hydrogen-bond acceptors (Lipinski definition) is 4. The molecular formula is C16H24BrN3O3S. The summed E-state index contributed by atoms with van der Waals surface area (Å²) in [5, 5.41) is 2.89. The number of piperazine rings is 1. The lowest BCUT2D eigenvalue weighted by atomic mass is 10.2. The van der Waals surface area contributed by atoms with Crippen molar-refractivity contribution in [2.24, 2.45) is 5.92 Å². The Labute approximate surface area is 152 Å². The third-order valence-electron chi connectivity index (χ3n) is 3.86. The molecule has 1 aliphatic rings. The van der Waals surface area contributed by atoms with Gasteiger partial charge in [0.1, 0.15) is 0 Å². The SMILES string of the molecule is CC(C)CNC(=O)CN1CCN(S(=O)(=O)c2ccc(Br)cc2)CC1. The van der Waals surface area contributed by atoms with E-state index in [2.05, 4.69) is 21.2 Å². The van der Waals surface area contributed by atoms with Crippen molar-refractivity contribution in [2.75, 3.05) is 39.3 Å². The number of amides is 1. The fourth-order valence-corrected chi connectivity index (χ4v) is 4.15. The number of carbonyl (C=O) groups is 1. The zero-order valence-corrected chi connectivity index (χ0v) is 16.4. The van der Waals surface area contributed by atoms with Crippen molar-refractivity contribution in [2.45, 2.75) is 18.7 Å². The Bertz CT molecular complexity index is 654. The average Bonchev–Trinajstić information content (AvgIpc) is 2.54. The maximum absolute atomic E-state index is 12.6. The fraction of sp³-hybridized carbons (Fsp3) is 0.562. The highest BCUT2D eigenvalue weighted by atomic mass is 79.9. The maximum atomic E-state index is 12.6. The molecular weight excluding hydrogens is 394 g/mol. The number of halogens is 1. The van der Waals surface area contributed by atoms with E-state index in [0.29, 0.717) is 50.1 Å². The van der Waals surface area contributed by atoms with E-state index in [1.165, 1.54) is 4.31 Å². The molecule has 0 unspecified atom stereocenters. The van der Waals surface area contributed by atoms with Crippen LogP contribution >= 0.6 is 15.9 Å². The summed E-state index contributed by atoms with van der Waals surface area (Å²) < 4.78 is 27.6. The molecule has 0 aliphatic carbocycles. The summed E-state index contributed by atoms with van der Waals surface area (Å²) in [4.78, 5) is 14.1. The molecule has 1 N–H and O–H groups in total. The summed E-state index contributed by atoms with van der Waals surface area (Å²) in [6.07, 6.45) is 0. The van der Waals surface area contributed by atoms with E-state index in [1.807, 2.05) is 18.7 Å². The van der Waals surface area contributed by atoms with Gasteiger partial charge in [-0.3, -0.25) is 9.69 Å². The van der Waals surface area contributed by atoms with Crippen molar-refractivity contribution in [1.82, 2.24) is 14.5 Å². The normalized spacial score (nSPS) is 17.2. The zero-order chi connectivity index (χ0) is 17.7. The van der Waals surface area contributed by atoms with Crippen molar-refractivity contribution in [3.63, 3.8) is 0 Å². The molecule has 0 spiro atoms. The van der Waals surface area contributed by atoms with Crippen LogP contribution in [0.2, 0.25) is 0 Å². The number of nitrogens with zero attached hydrogens (tertiary/aromatic N) is 2. The van der Waals surface area contributed by atoms with E-state index in [9.17, 15) is 13.2 Å². The molecule has 6 nitrogen and oxygen atoms in total. The topological polar surface area (TPSA) is 69.7 Å². The van der Waals surface area contributed by atoms with Crippen LogP contribution in [-0.4, -0.2) is 62.8 Å². The summed E-state index contributed by atoms with van der Waals surface area (Å²) in [6.45, 7) is 7.00. The van der Waals surface area contributed by atoms with Gasteiger partial charge in [-0.1, -0.05) is 29.8 Å². The van der Waals surface area contributed by atoms with Gasteiger partial charge in [-0.15, -0.1) is 0 Å². The van der Waals surface area contributed by atoms with Crippen LogP contribution in [0.25, 0.3) is 0 Å². The number of benzene rings is 1. The summed E-state index contributed by atoms with van der Waals surface area (Å²) in [5.74, 6) is 0.412. The number of rotatable bonds is 6. The third kappa shape index (κ3) is 5.27. The molecule has 24 heavy (non-hydrogen) atoms. The number of carbonyl (C=O) groups excluding carboxylic acids is 1. The molecule has 1 aliphatic heterocycles. The van der Waals surface area contributed by atoms with Gasteiger partial charge in [0.15, 0.2) is 0 Å². The van der Waals surface area contributed by atoms with E-state index >= 15 is 0 Å². The second-order valence-electron chi connectivity index (χ2n) is 6.33. The van der Waals surface area contributed by atoms with Crippen LogP contribution in [0.5, 0.6) is 0 Å². The lowest BCUT2D eigenvalue weighted by Gasteiger charge is -2.33. The number of nitrogens with one attached hydrogen (secondary N) is 1. The van der Waals surface area contributed by atoms with Crippen molar-refractivity contribution in [3.8, 4) is 0 Å². The molecule has 1 aromatic carbocycles. The fourth-order valence-electron chi connectivity index (χ4n) is 2.46. The highest BCUT2D eigenvalue weighted by Crippen LogP contribution is 2.20. The van der Waals surface area contributed by atoms with E-state index < -0.39 is 10.0 Å². The average molecular weight is 418 g/mol. The monoisotopic (exact) mass is 417 g/mol. The standard InChI is InChI=1S/C16H24BrN3O3S/c1-13(2)11-18-16(21)12-19-7-9-20(10-8-19)24(22,23)15-5-3-14(17)4-6-15/h3-6,13H,7-12H2,1-2H3,(H,18,21). The Morgan fingerprint density at radius 3 is 2.29 bits per heavy atom. The van der Waals surface area contributed by atoms with Crippen molar-refractivity contribution < 1.29 is 13.2 Å². The van der Waals surface area contributed by atoms with Gasteiger partial charge in [-0.2, -0.15) is 4.31 Å². The van der Waals surface area contributed by atoms with E-state index in [4.69, 9.17) is 0 Å². The van der Waals surface area contributed by atoms with E-state index in [-0.39, 0.29) is 5.91 Å². The molecule has 0 saturated carbocycles. The first-order chi connectivity index (χ1) is 11.3. The third-order valence-corrected chi connectivity index (χ3v) is 6.30. The van der Waals surface area contributed by atoms with E-state index in [1.54, 1.807) is 24.3 Å². The molecule has 8 heteroatoms. The molecule has 1 amide bonds. The minimum absolute atomic E-state index is 0.00656. The molecule has 2 rings (SSSR count). The van der Waals surface area contributed by atoms with Crippen LogP contribution in [0, 0.1) is 5.92 Å². The Morgan fingerprint density at radius 2 is 1.75 bits per heavy atom. The molecule has 1 fully saturated rings. The summed E-state index contributed by atoms with van der Waals surface area (Å²) in [6, 6.07) is 6.65. The van der Waals surface area contributed by atoms with Crippen LogP contribution in [0.4, 0.5) is 0 Å². The number of hydrogen-bond donors (Lipinski definition) is 1. The quantitative estimate of drug-likeness (QED) is 0.761. The van der Waals surface area contributed by atoms with Gasteiger partial charge in [0, 0.05) is 37.2 Å². The van der Waals surface area contributed by atoms with Crippen LogP contribution in [0.3, 0.4) is 0 Å². The smallest absolute Gasteiger partial charge is 0.243 e. The second-order valence-corrected chi connectivity index (χ2v) is 9.19. The predicted molar refractivity (Wildman–Crippen MR) is 97.2 cm³/mol. The molecule has 0 radical (unpaired) electrons. The first kappa shape index (κ1) is 19.4. The first-order valence-electron chi connectivity index (χ1n) is 8.04. The van der Waals surface area contributed by atoms with Crippen molar-refractivity contribution >= 4 is 31.9 Å². The molecule has 0 bridgehead atoms. The summed E-state index contributed by atoms with van der Waals surface area (Å²) in [7, 11) is -3.47. The number of sulfonamides is 1. The minimum Gasteiger partial charge on any atom is -0.355 e. The Kier molecular flexibility index (Phi) is 6.79. The molecule has 1 aromatic rings. The van der Waals surface area contributed by atoms with Gasteiger partial charge in [-0.25, -0.2) is 8.42 Å². The highest BCUT2D eigenvalue weighted by molar-refractivity contribution is 9.10. The minimum atomic E-state index is -3.47. The highest BCUT2D eigenvalue weighted by Gasteiger charge is 2.28. The Balaban J connectivity index is 1.88. The van der Waals surface area contributed by atoms with Gasteiger partial charge < -0.3 is 5.32 Å². The molecule has 1 heterocycles. The summed E-state index contributed by atoms with van der Waals surface area (Å²) in [5.41, 5.74) is 0. The largest absolute Gasteiger partial charge is 0.355 e.